The molecule has 0 amide bonds. The second-order valence-corrected chi connectivity index (χ2v) is 5.30. The van der Waals surface area contributed by atoms with Gasteiger partial charge in [0.15, 0.2) is 0 Å². The third kappa shape index (κ3) is 3.52. The van der Waals surface area contributed by atoms with E-state index in [1.807, 2.05) is 33.9 Å². The van der Waals surface area contributed by atoms with Gasteiger partial charge in [-0.25, -0.2) is 4.79 Å². The lowest BCUT2D eigenvalue weighted by atomic mass is 10.1. The van der Waals surface area contributed by atoms with Gasteiger partial charge in [0, 0.05) is 17.2 Å². The Bertz CT molecular complexity index is 396. The maximum atomic E-state index is 11.7. The van der Waals surface area contributed by atoms with E-state index in [0.29, 0.717) is 5.56 Å². The number of hydrogen-bond donors (Lipinski definition) is 1. The van der Waals surface area contributed by atoms with Gasteiger partial charge in [-0.2, -0.15) is 0 Å². The largest absolute Gasteiger partial charge is 0.456 e. The monoisotopic (exact) mass is 285 g/mol. The standard InChI is InChI=1S/C12H16BrNO2/c1-12(2,3)16-11(15)8-5-6-10(14-4)9(13)7-8/h5-7,14H,1-4H3. The molecule has 0 saturated carbocycles. The molecule has 0 aliphatic heterocycles. The Morgan fingerprint density at radius 3 is 2.44 bits per heavy atom. The smallest absolute Gasteiger partial charge is 0.338 e. The molecule has 1 aromatic carbocycles. The van der Waals surface area contributed by atoms with Crippen LogP contribution in [0, 0.1) is 0 Å². The fraction of sp³-hybridized carbons (Fsp3) is 0.417. The average Bonchev–Trinajstić information content (AvgIpc) is 2.15. The minimum Gasteiger partial charge on any atom is -0.456 e. The lowest BCUT2D eigenvalue weighted by molar-refractivity contribution is 0.00695. The second-order valence-electron chi connectivity index (χ2n) is 4.45. The Morgan fingerprint density at radius 1 is 1.38 bits per heavy atom. The predicted octanol–water partition coefficient (Wildman–Crippen LogP) is 3.45. The minimum absolute atomic E-state index is 0.309. The molecule has 0 bridgehead atoms. The molecular weight excluding hydrogens is 270 g/mol. The first-order chi connectivity index (χ1) is 7.33. The van der Waals surface area contributed by atoms with E-state index in [9.17, 15) is 4.79 Å². The van der Waals surface area contributed by atoms with E-state index < -0.39 is 5.60 Å². The maximum absolute atomic E-state index is 11.7. The van der Waals surface area contributed by atoms with Crippen molar-refractivity contribution in [2.75, 3.05) is 12.4 Å². The Hall–Kier alpha value is -1.03. The number of esters is 1. The number of carbonyl (C=O) groups is 1. The molecule has 0 heterocycles. The fourth-order valence-electron chi connectivity index (χ4n) is 1.18. The number of ether oxygens (including phenoxy) is 1. The van der Waals surface area contributed by atoms with Crippen molar-refractivity contribution in [3.8, 4) is 0 Å². The summed E-state index contributed by atoms with van der Waals surface area (Å²) < 4.78 is 6.12. The van der Waals surface area contributed by atoms with Crippen LogP contribution in [0.25, 0.3) is 0 Å². The fourth-order valence-corrected chi connectivity index (χ4v) is 1.76. The summed E-state index contributed by atoms with van der Waals surface area (Å²) in [6, 6.07) is 5.33. The van der Waals surface area contributed by atoms with Crippen molar-refractivity contribution in [1.29, 1.82) is 0 Å². The van der Waals surface area contributed by atoms with Gasteiger partial charge in [0.25, 0.3) is 0 Å². The number of hydrogen-bond acceptors (Lipinski definition) is 3. The molecule has 3 nitrogen and oxygen atoms in total. The van der Waals surface area contributed by atoms with Gasteiger partial charge in [0.05, 0.1) is 5.56 Å². The lowest BCUT2D eigenvalue weighted by Gasteiger charge is -2.19. The Kier molecular flexibility index (Phi) is 3.97. The summed E-state index contributed by atoms with van der Waals surface area (Å²) in [6.45, 7) is 5.55. The van der Waals surface area contributed by atoms with E-state index in [4.69, 9.17) is 4.74 Å². The average molecular weight is 286 g/mol. The predicted molar refractivity (Wildman–Crippen MR) is 68.9 cm³/mol. The first kappa shape index (κ1) is 13.0. The summed E-state index contributed by atoms with van der Waals surface area (Å²) in [5.41, 5.74) is 1.01. The van der Waals surface area contributed by atoms with E-state index in [-0.39, 0.29) is 5.97 Å². The van der Waals surface area contributed by atoms with Crippen LogP contribution in [0.15, 0.2) is 22.7 Å². The zero-order valence-electron chi connectivity index (χ0n) is 9.93. The molecule has 4 heteroatoms. The van der Waals surface area contributed by atoms with Crippen molar-refractivity contribution in [2.45, 2.75) is 26.4 Å². The molecule has 0 spiro atoms. The van der Waals surface area contributed by atoms with Gasteiger partial charge < -0.3 is 10.1 Å². The van der Waals surface area contributed by atoms with Gasteiger partial charge in [-0.1, -0.05) is 0 Å². The van der Waals surface area contributed by atoms with Gasteiger partial charge in [-0.3, -0.25) is 0 Å². The number of halogens is 1. The van der Waals surface area contributed by atoms with Crippen LogP contribution in [0.4, 0.5) is 5.69 Å². The molecule has 0 aliphatic carbocycles. The third-order valence-corrected chi connectivity index (χ3v) is 2.53. The Morgan fingerprint density at radius 2 is 2.00 bits per heavy atom. The van der Waals surface area contributed by atoms with Gasteiger partial charge in [0.2, 0.25) is 0 Å². The van der Waals surface area contributed by atoms with Crippen LogP contribution in [0.3, 0.4) is 0 Å². The summed E-state index contributed by atoms with van der Waals surface area (Å²) in [4.78, 5) is 11.7. The van der Waals surface area contributed by atoms with Crippen LogP contribution in [0.1, 0.15) is 31.1 Å². The molecule has 0 aliphatic rings. The second kappa shape index (κ2) is 4.87. The van der Waals surface area contributed by atoms with E-state index in [0.717, 1.165) is 10.2 Å². The van der Waals surface area contributed by atoms with Gasteiger partial charge in [0.1, 0.15) is 5.60 Å². The first-order valence-corrected chi connectivity index (χ1v) is 5.83. The van der Waals surface area contributed by atoms with Crippen LogP contribution in [-0.4, -0.2) is 18.6 Å². The molecule has 0 saturated heterocycles. The molecule has 1 N–H and O–H groups in total. The van der Waals surface area contributed by atoms with Crippen LogP contribution in [-0.2, 0) is 4.74 Å². The molecule has 1 rings (SSSR count). The highest BCUT2D eigenvalue weighted by molar-refractivity contribution is 9.10. The van der Waals surface area contributed by atoms with Crippen molar-refractivity contribution in [3.63, 3.8) is 0 Å². The summed E-state index contributed by atoms with van der Waals surface area (Å²) >= 11 is 3.38. The topological polar surface area (TPSA) is 38.3 Å². The number of carbonyl (C=O) groups excluding carboxylic acids is 1. The van der Waals surface area contributed by atoms with Crippen LogP contribution in [0.5, 0.6) is 0 Å². The van der Waals surface area contributed by atoms with Crippen molar-refractivity contribution < 1.29 is 9.53 Å². The Balaban J connectivity index is 2.89. The number of nitrogens with one attached hydrogen (secondary N) is 1. The van der Waals surface area contributed by atoms with Gasteiger partial charge >= 0.3 is 5.97 Å². The zero-order chi connectivity index (χ0) is 12.3. The summed E-state index contributed by atoms with van der Waals surface area (Å²) in [6.07, 6.45) is 0. The molecule has 0 fully saturated rings. The molecule has 0 radical (unpaired) electrons. The van der Waals surface area contributed by atoms with E-state index >= 15 is 0 Å². The molecule has 0 aromatic heterocycles. The van der Waals surface area contributed by atoms with Crippen molar-refractivity contribution in [1.82, 2.24) is 0 Å². The van der Waals surface area contributed by atoms with Crippen molar-refractivity contribution in [3.05, 3.63) is 28.2 Å². The van der Waals surface area contributed by atoms with E-state index in [1.165, 1.54) is 0 Å². The quantitative estimate of drug-likeness (QED) is 0.846. The molecule has 88 valence electrons. The highest BCUT2D eigenvalue weighted by Crippen LogP contribution is 2.24. The van der Waals surface area contributed by atoms with Gasteiger partial charge in [-0.05, 0) is 54.9 Å². The summed E-state index contributed by atoms with van der Waals surface area (Å²) in [7, 11) is 1.83. The van der Waals surface area contributed by atoms with E-state index in [1.54, 1.807) is 12.1 Å². The zero-order valence-corrected chi connectivity index (χ0v) is 11.5. The number of anilines is 1. The normalized spacial score (nSPS) is 11.1. The highest BCUT2D eigenvalue weighted by Gasteiger charge is 2.18. The summed E-state index contributed by atoms with van der Waals surface area (Å²) in [5, 5.41) is 3.01. The first-order valence-electron chi connectivity index (χ1n) is 5.04. The summed E-state index contributed by atoms with van der Waals surface area (Å²) in [5.74, 6) is -0.309. The molecular formula is C12H16BrNO2. The Labute approximate surface area is 104 Å². The van der Waals surface area contributed by atoms with Crippen LogP contribution in [0.2, 0.25) is 0 Å². The maximum Gasteiger partial charge on any atom is 0.338 e. The molecule has 0 atom stereocenters. The molecule has 16 heavy (non-hydrogen) atoms. The highest BCUT2D eigenvalue weighted by atomic mass is 79.9. The van der Waals surface area contributed by atoms with Gasteiger partial charge in [-0.15, -0.1) is 0 Å². The minimum atomic E-state index is -0.467. The number of rotatable bonds is 2. The third-order valence-electron chi connectivity index (χ3n) is 1.87. The van der Waals surface area contributed by atoms with Crippen molar-refractivity contribution >= 4 is 27.6 Å². The van der Waals surface area contributed by atoms with E-state index in [2.05, 4.69) is 21.2 Å². The molecule has 1 aromatic rings. The van der Waals surface area contributed by atoms with Crippen LogP contribution >= 0.6 is 15.9 Å². The SMILES string of the molecule is CNc1ccc(C(=O)OC(C)(C)C)cc1Br. The van der Waals surface area contributed by atoms with Crippen molar-refractivity contribution in [2.24, 2.45) is 0 Å². The lowest BCUT2D eigenvalue weighted by Crippen LogP contribution is -2.23. The van der Waals surface area contributed by atoms with Crippen LogP contribution < -0.4 is 5.32 Å². The number of benzene rings is 1. The molecule has 0 unspecified atom stereocenters.